The van der Waals surface area contributed by atoms with Crippen molar-refractivity contribution in [2.24, 2.45) is 0 Å². The van der Waals surface area contributed by atoms with Gasteiger partial charge in [0, 0.05) is 17.3 Å². The van der Waals surface area contributed by atoms with Crippen molar-refractivity contribution in [1.29, 1.82) is 0 Å². The van der Waals surface area contributed by atoms with Crippen molar-refractivity contribution in [2.45, 2.75) is 39.5 Å². The van der Waals surface area contributed by atoms with Gasteiger partial charge in [-0.1, -0.05) is 76.2 Å². The van der Waals surface area contributed by atoms with E-state index in [0.717, 1.165) is 5.69 Å². The van der Waals surface area contributed by atoms with Crippen LogP contribution in [-0.4, -0.2) is 4.98 Å². The van der Waals surface area contributed by atoms with Crippen LogP contribution in [0.3, 0.4) is 0 Å². The fraction of sp³-hybridized carbons (Fsp3) is 0.261. The molecule has 1 heterocycles. The molecule has 0 saturated carbocycles. The molecule has 0 aliphatic rings. The third kappa shape index (κ3) is 3.26. The number of pyridine rings is 1. The molecule has 0 radical (unpaired) electrons. The van der Waals surface area contributed by atoms with Gasteiger partial charge in [-0.2, -0.15) is 0 Å². The maximum atomic E-state index is 4.70. The summed E-state index contributed by atoms with van der Waals surface area (Å²) in [5.41, 5.74) is 7.51. The highest BCUT2D eigenvalue weighted by Gasteiger charge is 2.14. The highest BCUT2D eigenvalue weighted by atomic mass is 14.7. The van der Waals surface area contributed by atoms with Gasteiger partial charge in [0.15, 0.2) is 0 Å². The standard InChI is InChI=1S/C23H25N/c1-16(2)20-13-12-19(15-22(20)17(3)4)23-21(11-8-14-24-23)18-9-6-5-7-10-18/h5-17H,1-4H3. The average Bonchev–Trinajstić information content (AvgIpc) is 2.62. The van der Waals surface area contributed by atoms with Gasteiger partial charge in [-0.15, -0.1) is 0 Å². The lowest BCUT2D eigenvalue weighted by Crippen LogP contribution is -2.00. The fourth-order valence-electron chi connectivity index (χ4n) is 3.23. The number of hydrogen-bond acceptors (Lipinski definition) is 1. The van der Waals surface area contributed by atoms with E-state index in [0.29, 0.717) is 11.8 Å². The summed E-state index contributed by atoms with van der Waals surface area (Å²) in [6.45, 7) is 9.05. The maximum absolute atomic E-state index is 4.70. The van der Waals surface area contributed by atoms with E-state index in [1.807, 2.05) is 18.3 Å². The van der Waals surface area contributed by atoms with Gasteiger partial charge in [0.25, 0.3) is 0 Å². The van der Waals surface area contributed by atoms with E-state index in [4.69, 9.17) is 4.98 Å². The van der Waals surface area contributed by atoms with Gasteiger partial charge in [0.2, 0.25) is 0 Å². The van der Waals surface area contributed by atoms with E-state index in [9.17, 15) is 0 Å². The summed E-state index contributed by atoms with van der Waals surface area (Å²) < 4.78 is 0. The van der Waals surface area contributed by atoms with Crippen LogP contribution in [0.1, 0.15) is 50.7 Å². The third-order valence-corrected chi connectivity index (χ3v) is 4.50. The second-order valence-electron chi connectivity index (χ2n) is 6.92. The molecule has 1 aromatic heterocycles. The number of nitrogens with zero attached hydrogens (tertiary/aromatic N) is 1. The van der Waals surface area contributed by atoms with Crippen LogP contribution in [0.5, 0.6) is 0 Å². The Bertz CT molecular complexity index is 816. The van der Waals surface area contributed by atoms with Crippen molar-refractivity contribution in [1.82, 2.24) is 4.98 Å². The molecule has 3 aromatic rings. The molecule has 0 unspecified atom stereocenters. The SMILES string of the molecule is CC(C)c1ccc(-c2ncccc2-c2ccccc2)cc1C(C)C. The van der Waals surface area contributed by atoms with Crippen LogP contribution in [0.4, 0.5) is 0 Å². The topological polar surface area (TPSA) is 12.9 Å². The summed E-state index contributed by atoms with van der Waals surface area (Å²) in [7, 11) is 0. The summed E-state index contributed by atoms with van der Waals surface area (Å²) in [6, 6.07) is 21.5. The Hall–Kier alpha value is -2.41. The largest absolute Gasteiger partial charge is 0.256 e. The molecular weight excluding hydrogens is 290 g/mol. The smallest absolute Gasteiger partial charge is 0.0780 e. The number of rotatable bonds is 4. The lowest BCUT2D eigenvalue weighted by Gasteiger charge is -2.18. The highest BCUT2D eigenvalue weighted by molar-refractivity contribution is 5.81. The van der Waals surface area contributed by atoms with Crippen LogP contribution in [-0.2, 0) is 0 Å². The van der Waals surface area contributed by atoms with Crippen LogP contribution >= 0.6 is 0 Å². The van der Waals surface area contributed by atoms with E-state index < -0.39 is 0 Å². The van der Waals surface area contributed by atoms with Crippen molar-refractivity contribution >= 4 is 0 Å². The molecule has 1 nitrogen and oxygen atoms in total. The zero-order valence-corrected chi connectivity index (χ0v) is 15.0. The Labute approximate surface area is 145 Å². The first kappa shape index (κ1) is 16.4. The molecular formula is C23H25N. The highest BCUT2D eigenvalue weighted by Crippen LogP contribution is 2.34. The summed E-state index contributed by atoms with van der Waals surface area (Å²) in [5.74, 6) is 1.04. The summed E-state index contributed by atoms with van der Waals surface area (Å²) >= 11 is 0. The lowest BCUT2D eigenvalue weighted by atomic mass is 9.88. The Morgan fingerprint density at radius 1 is 0.667 bits per heavy atom. The summed E-state index contributed by atoms with van der Waals surface area (Å²) in [4.78, 5) is 4.70. The minimum atomic E-state index is 0.506. The molecule has 3 rings (SSSR count). The lowest BCUT2D eigenvalue weighted by molar-refractivity contribution is 0.790. The third-order valence-electron chi connectivity index (χ3n) is 4.50. The van der Waals surface area contributed by atoms with Crippen molar-refractivity contribution in [3.05, 3.63) is 78.0 Å². The van der Waals surface area contributed by atoms with Crippen LogP contribution < -0.4 is 0 Å². The first-order valence-corrected chi connectivity index (χ1v) is 8.72. The number of hydrogen-bond donors (Lipinski definition) is 0. The zero-order chi connectivity index (χ0) is 17.1. The molecule has 0 saturated heterocycles. The molecule has 2 aromatic carbocycles. The first-order valence-electron chi connectivity index (χ1n) is 8.72. The van der Waals surface area contributed by atoms with Crippen molar-refractivity contribution < 1.29 is 0 Å². The molecule has 0 amide bonds. The Morgan fingerprint density at radius 2 is 1.38 bits per heavy atom. The molecule has 0 N–H and O–H groups in total. The van der Waals surface area contributed by atoms with Gasteiger partial charge in [-0.05, 0) is 40.7 Å². The van der Waals surface area contributed by atoms with E-state index >= 15 is 0 Å². The van der Waals surface area contributed by atoms with Crippen molar-refractivity contribution in [2.75, 3.05) is 0 Å². The second kappa shape index (κ2) is 7.00. The minimum Gasteiger partial charge on any atom is -0.256 e. The van der Waals surface area contributed by atoms with Crippen LogP contribution in [0.2, 0.25) is 0 Å². The molecule has 0 spiro atoms. The molecule has 1 heteroatoms. The molecule has 0 aliphatic carbocycles. The van der Waals surface area contributed by atoms with Gasteiger partial charge < -0.3 is 0 Å². The number of aromatic nitrogens is 1. The summed E-state index contributed by atoms with van der Waals surface area (Å²) in [5, 5.41) is 0. The van der Waals surface area contributed by atoms with E-state index in [1.54, 1.807) is 0 Å². The predicted octanol–water partition coefficient (Wildman–Crippen LogP) is 6.66. The predicted molar refractivity (Wildman–Crippen MR) is 103 cm³/mol. The molecule has 0 aliphatic heterocycles. The normalized spacial score (nSPS) is 11.2. The van der Waals surface area contributed by atoms with Crippen LogP contribution in [0, 0.1) is 0 Å². The van der Waals surface area contributed by atoms with Gasteiger partial charge in [-0.25, -0.2) is 0 Å². The van der Waals surface area contributed by atoms with Gasteiger partial charge in [0.1, 0.15) is 0 Å². The van der Waals surface area contributed by atoms with Crippen LogP contribution in [0.25, 0.3) is 22.4 Å². The molecule has 0 fully saturated rings. The maximum Gasteiger partial charge on any atom is 0.0780 e. The molecule has 24 heavy (non-hydrogen) atoms. The van der Waals surface area contributed by atoms with Crippen molar-refractivity contribution in [3.63, 3.8) is 0 Å². The van der Waals surface area contributed by atoms with E-state index in [2.05, 4.69) is 76.2 Å². The van der Waals surface area contributed by atoms with E-state index in [1.165, 1.54) is 27.8 Å². The van der Waals surface area contributed by atoms with E-state index in [-0.39, 0.29) is 0 Å². The molecule has 0 bridgehead atoms. The van der Waals surface area contributed by atoms with Gasteiger partial charge in [-0.3, -0.25) is 4.98 Å². The fourth-order valence-corrected chi connectivity index (χ4v) is 3.23. The Balaban J connectivity index is 2.16. The quantitative estimate of drug-likeness (QED) is 0.524. The first-order chi connectivity index (χ1) is 11.6. The Kier molecular flexibility index (Phi) is 4.80. The monoisotopic (exact) mass is 315 g/mol. The number of benzene rings is 2. The van der Waals surface area contributed by atoms with Crippen molar-refractivity contribution in [3.8, 4) is 22.4 Å². The molecule has 0 atom stereocenters. The summed E-state index contributed by atoms with van der Waals surface area (Å²) in [6.07, 6.45) is 1.88. The average molecular weight is 315 g/mol. The van der Waals surface area contributed by atoms with Gasteiger partial charge in [0.05, 0.1) is 5.69 Å². The zero-order valence-electron chi connectivity index (χ0n) is 15.0. The molecule has 122 valence electrons. The van der Waals surface area contributed by atoms with Gasteiger partial charge >= 0.3 is 0 Å². The second-order valence-corrected chi connectivity index (χ2v) is 6.92. The van der Waals surface area contributed by atoms with Crippen LogP contribution in [0.15, 0.2) is 66.9 Å². The Morgan fingerprint density at radius 3 is 2.04 bits per heavy atom. The minimum absolute atomic E-state index is 0.506.